The van der Waals surface area contributed by atoms with Gasteiger partial charge in [-0.05, 0) is 57.8 Å². The minimum Gasteiger partial charge on any atom is -0.382 e. The van der Waals surface area contributed by atoms with Gasteiger partial charge in [0.1, 0.15) is 0 Å². The van der Waals surface area contributed by atoms with Gasteiger partial charge in [-0.25, -0.2) is 0 Å². The Balaban J connectivity index is 1.92. The third kappa shape index (κ3) is 2.26. The zero-order chi connectivity index (χ0) is 12.5. The van der Waals surface area contributed by atoms with Gasteiger partial charge in [0.05, 0.1) is 0 Å². The Hall–Kier alpha value is -1.02. The van der Waals surface area contributed by atoms with Gasteiger partial charge in [0.2, 0.25) is 0 Å². The molecule has 1 aromatic rings. The Morgan fingerprint density at radius 1 is 1.17 bits per heavy atom. The molecule has 0 aliphatic carbocycles. The van der Waals surface area contributed by atoms with Gasteiger partial charge in [0, 0.05) is 17.8 Å². The summed E-state index contributed by atoms with van der Waals surface area (Å²) in [6.45, 7) is 7.07. The van der Waals surface area contributed by atoms with Crippen LogP contribution in [0, 0.1) is 6.92 Å². The summed E-state index contributed by atoms with van der Waals surface area (Å²) >= 11 is 0. The number of aryl methyl sites for hydroxylation is 1. The van der Waals surface area contributed by atoms with Crippen LogP contribution in [-0.2, 0) is 0 Å². The van der Waals surface area contributed by atoms with Crippen molar-refractivity contribution in [3.8, 4) is 0 Å². The molecule has 1 fully saturated rings. The molecular formula is C16H24N2. The predicted octanol–water partition coefficient (Wildman–Crippen LogP) is 3.73. The molecule has 1 saturated heterocycles. The summed E-state index contributed by atoms with van der Waals surface area (Å²) in [5.41, 5.74) is 4.26. The second-order valence-corrected chi connectivity index (χ2v) is 5.98. The van der Waals surface area contributed by atoms with Crippen molar-refractivity contribution in [1.29, 1.82) is 0 Å². The summed E-state index contributed by atoms with van der Waals surface area (Å²) in [4.78, 5) is 2.71. The molecule has 3 rings (SSSR count). The first-order chi connectivity index (χ1) is 8.74. The number of rotatable bonds is 1. The lowest BCUT2D eigenvalue weighted by molar-refractivity contribution is 0.149. The van der Waals surface area contributed by atoms with E-state index in [1.807, 2.05) is 0 Å². The number of likely N-dealkylation sites (tertiary alicyclic amines) is 1. The van der Waals surface area contributed by atoms with Gasteiger partial charge < -0.3 is 5.32 Å². The van der Waals surface area contributed by atoms with Crippen LogP contribution in [0.5, 0.6) is 0 Å². The minimum absolute atomic E-state index is 0.590. The van der Waals surface area contributed by atoms with Crippen molar-refractivity contribution in [3.63, 3.8) is 0 Å². The Bertz CT molecular complexity index is 421. The molecule has 1 aromatic carbocycles. The highest BCUT2D eigenvalue weighted by Crippen LogP contribution is 2.38. The first-order valence-electron chi connectivity index (χ1n) is 7.35. The van der Waals surface area contributed by atoms with Crippen LogP contribution < -0.4 is 5.32 Å². The van der Waals surface area contributed by atoms with Crippen molar-refractivity contribution >= 4 is 5.69 Å². The van der Waals surface area contributed by atoms with Crippen LogP contribution >= 0.6 is 0 Å². The smallest absolute Gasteiger partial charge is 0.0391 e. The highest BCUT2D eigenvalue weighted by atomic mass is 15.2. The molecule has 0 aromatic heterocycles. The normalized spacial score (nSPS) is 28.6. The van der Waals surface area contributed by atoms with E-state index in [0.717, 1.165) is 0 Å². The summed E-state index contributed by atoms with van der Waals surface area (Å²) < 4.78 is 0. The van der Waals surface area contributed by atoms with E-state index in [4.69, 9.17) is 0 Å². The SMILES string of the molecule is Cc1ccc2c(c1)C(N1CCCCC1)CC(C)N2. The molecule has 2 aliphatic rings. The Kier molecular flexibility index (Phi) is 3.29. The number of piperidine rings is 1. The monoisotopic (exact) mass is 244 g/mol. The highest BCUT2D eigenvalue weighted by molar-refractivity contribution is 5.56. The topological polar surface area (TPSA) is 15.3 Å². The average Bonchev–Trinajstić information content (AvgIpc) is 2.39. The van der Waals surface area contributed by atoms with Crippen LogP contribution in [0.2, 0.25) is 0 Å². The number of anilines is 1. The molecule has 1 N–H and O–H groups in total. The highest BCUT2D eigenvalue weighted by Gasteiger charge is 2.29. The number of hydrogen-bond acceptors (Lipinski definition) is 2. The molecule has 2 heterocycles. The molecular weight excluding hydrogens is 220 g/mol. The number of hydrogen-bond donors (Lipinski definition) is 1. The van der Waals surface area contributed by atoms with Crippen LogP contribution in [0.15, 0.2) is 18.2 Å². The molecule has 98 valence electrons. The molecule has 2 aliphatic heterocycles. The minimum atomic E-state index is 0.590. The summed E-state index contributed by atoms with van der Waals surface area (Å²) in [5, 5.41) is 3.63. The van der Waals surface area contributed by atoms with E-state index in [-0.39, 0.29) is 0 Å². The number of nitrogens with zero attached hydrogens (tertiary/aromatic N) is 1. The fourth-order valence-electron chi connectivity index (χ4n) is 3.45. The number of benzene rings is 1. The summed E-state index contributed by atoms with van der Waals surface area (Å²) in [6, 6.07) is 8.09. The van der Waals surface area contributed by atoms with Crippen LogP contribution in [0.1, 0.15) is 49.8 Å². The van der Waals surface area contributed by atoms with Gasteiger partial charge in [-0.3, -0.25) is 4.90 Å². The molecule has 18 heavy (non-hydrogen) atoms. The van der Waals surface area contributed by atoms with Crippen molar-refractivity contribution < 1.29 is 0 Å². The zero-order valence-electron chi connectivity index (χ0n) is 11.6. The largest absolute Gasteiger partial charge is 0.382 e. The standard InChI is InChI=1S/C16H24N2/c1-12-6-7-15-14(10-12)16(11-13(2)17-15)18-8-4-3-5-9-18/h6-7,10,13,16-17H,3-5,8-9,11H2,1-2H3. The maximum absolute atomic E-state index is 3.63. The van der Waals surface area contributed by atoms with Crippen molar-refractivity contribution in [2.24, 2.45) is 0 Å². The van der Waals surface area contributed by atoms with E-state index < -0.39 is 0 Å². The van der Waals surface area contributed by atoms with E-state index >= 15 is 0 Å². The van der Waals surface area contributed by atoms with Gasteiger partial charge >= 0.3 is 0 Å². The van der Waals surface area contributed by atoms with Crippen molar-refractivity contribution in [2.45, 2.75) is 51.6 Å². The van der Waals surface area contributed by atoms with Crippen molar-refractivity contribution in [2.75, 3.05) is 18.4 Å². The Morgan fingerprint density at radius 3 is 2.72 bits per heavy atom. The summed E-state index contributed by atoms with van der Waals surface area (Å²) in [6.07, 6.45) is 5.41. The number of nitrogens with one attached hydrogen (secondary N) is 1. The van der Waals surface area contributed by atoms with Crippen LogP contribution in [0.4, 0.5) is 5.69 Å². The third-order valence-electron chi connectivity index (χ3n) is 4.38. The molecule has 2 heteroatoms. The predicted molar refractivity (Wildman–Crippen MR) is 77.0 cm³/mol. The lowest BCUT2D eigenvalue weighted by Gasteiger charge is -2.40. The third-order valence-corrected chi connectivity index (χ3v) is 4.38. The quantitative estimate of drug-likeness (QED) is 0.810. The zero-order valence-corrected chi connectivity index (χ0v) is 11.6. The number of fused-ring (bicyclic) bond motifs is 1. The summed E-state index contributed by atoms with van der Waals surface area (Å²) in [7, 11) is 0. The van der Waals surface area contributed by atoms with Crippen LogP contribution in [0.3, 0.4) is 0 Å². The van der Waals surface area contributed by atoms with Crippen molar-refractivity contribution in [1.82, 2.24) is 4.90 Å². The molecule has 0 amide bonds. The second-order valence-electron chi connectivity index (χ2n) is 5.98. The molecule has 0 bridgehead atoms. The van der Waals surface area contributed by atoms with Crippen molar-refractivity contribution in [3.05, 3.63) is 29.3 Å². The van der Waals surface area contributed by atoms with Crippen LogP contribution in [0.25, 0.3) is 0 Å². The Morgan fingerprint density at radius 2 is 1.94 bits per heavy atom. The van der Waals surface area contributed by atoms with E-state index in [0.29, 0.717) is 12.1 Å². The maximum atomic E-state index is 3.63. The molecule has 0 radical (unpaired) electrons. The van der Waals surface area contributed by atoms with Gasteiger partial charge in [-0.2, -0.15) is 0 Å². The Labute approximate surface area is 110 Å². The average molecular weight is 244 g/mol. The summed E-state index contributed by atoms with van der Waals surface area (Å²) in [5.74, 6) is 0. The van der Waals surface area contributed by atoms with Crippen LogP contribution in [-0.4, -0.2) is 24.0 Å². The van der Waals surface area contributed by atoms with E-state index in [2.05, 4.69) is 42.3 Å². The second kappa shape index (κ2) is 4.93. The van der Waals surface area contributed by atoms with E-state index in [9.17, 15) is 0 Å². The first kappa shape index (κ1) is 12.0. The molecule has 2 unspecified atom stereocenters. The van der Waals surface area contributed by atoms with Gasteiger partial charge in [-0.15, -0.1) is 0 Å². The molecule has 0 spiro atoms. The van der Waals surface area contributed by atoms with Gasteiger partial charge in [0.25, 0.3) is 0 Å². The lowest BCUT2D eigenvalue weighted by Crippen LogP contribution is -2.39. The maximum Gasteiger partial charge on any atom is 0.0391 e. The molecule has 2 atom stereocenters. The molecule has 0 saturated carbocycles. The fraction of sp³-hybridized carbons (Fsp3) is 0.625. The van der Waals surface area contributed by atoms with E-state index in [1.165, 1.54) is 55.6 Å². The van der Waals surface area contributed by atoms with E-state index in [1.54, 1.807) is 0 Å². The van der Waals surface area contributed by atoms with Gasteiger partial charge in [-0.1, -0.05) is 24.1 Å². The van der Waals surface area contributed by atoms with Gasteiger partial charge in [0.15, 0.2) is 0 Å². The lowest BCUT2D eigenvalue weighted by atomic mass is 9.90. The molecule has 2 nitrogen and oxygen atoms in total. The fourth-order valence-corrected chi connectivity index (χ4v) is 3.45. The first-order valence-corrected chi connectivity index (χ1v) is 7.35.